The molecule has 0 aliphatic rings. The molecule has 0 aliphatic carbocycles. The van der Waals surface area contributed by atoms with E-state index in [4.69, 9.17) is 5.11 Å². The van der Waals surface area contributed by atoms with Gasteiger partial charge in [-0.15, -0.1) is 0 Å². The molecule has 4 heteroatoms. The molecule has 4 nitrogen and oxygen atoms in total. The van der Waals surface area contributed by atoms with Gasteiger partial charge in [0, 0.05) is 13.1 Å². The lowest BCUT2D eigenvalue weighted by Gasteiger charge is -2.11. The van der Waals surface area contributed by atoms with Crippen molar-refractivity contribution in [2.75, 3.05) is 6.54 Å². The largest absolute Gasteiger partial charge is 0.481 e. The second-order valence-electron chi connectivity index (χ2n) is 4.31. The first-order valence-electron chi connectivity index (χ1n) is 5.65. The number of hydrogen-bond donors (Lipinski definition) is 3. The van der Waals surface area contributed by atoms with Gasteiger partial charge in [0.1, 0.15) is 0 Å². The summed E-state index contributed by atoms with van der Waals surface area (Å²) >= 11 is 0. The molecule has 0 amide bonds. The van der Waals surface area contributed by atoms with E-state index in [9.17, 15) is 9.90 Å². The van der Waals surface area contributed by atoms with E-state index in [0.29, 0.717) is 13.1 Å². The predicted molar refractivity (Wildman–Crippen MR) is 65.9 cm³/mol. The van der Waals surface area contributed by atoms with Gasteiger partial charge in [-0.3, -0.25) is 4.79 Å². The Balaban J connectivity index is 2.38. The molecular formula is C13H19NO3. The maximum absolute atomic E-state index is 10.3. The van der Waals surface area contributed by atoms with Gasteiger partial charge in [-0.05, 0) is 25.0 Å². The molecule has 1 atom stereocenters. The first-order valence-corrected chi connectivity index (χ1v) is 5.65. The molecular weight excluding hydrogens is 218 g/mol. The average Bonchev–Trinajstić information content (AvgIpc) is 2.20. The number of aryl methyl sites for hydroxylation is 2. The maximum Gasteiger partial charge on any atom is 0.306 e. The summed E-state index contributed by atoms with van der Waals surface area (Å²) in [6.45, 7) is 5.01. The Kier molecular flexibility index (Phi) is 5.12. The lowest BCUT2D eigenvalue weighted by molar-refractivity contribution is -0.139. The van der Waals surface area contributed by atoms with Crippen molar-refractivity contribution in [3.63, 3.8) is 0 Å². The van der Waals surface area contributed by atoms with Crippen LogP contribution in [-0.4, -0.2) is 28.8 Å². The van der Waals surface area contributed by atoms with Crippen LogP contribution in [0.4, 0.5) is 0 Å². The van der Waals surface area contributed by atoms with E-state index in [0.717, 1.165) is 5.56 Å². The molecule has 94 valence electrons. The molecule has 17 heavy (non-hydrogen) atoms. The fraction of sp³-hybridized carbons (Fsp3) is 0.462. The zero-order valence-electron chi connectivity index (χ0n) is 10.2. The normalized spacial score (nSPS) is 12.4. The third-order valence-corrected chi connectivity index (χ3v) is 2.60. The third kappa shape index (κ3) is 4.97. The monoisotopic (exact) mass is 237 g/mol. The Morgan fingerprint density at radius 3 is 2.71 bits per heavy atom. The molecule has 1 rings (SSSR count). The Hall–Kier alpha value is -1.39. The fourth-order valence-electron chi connectivity index (χ4n) is 1.69. The average molecular weight is 237 g/mol. The number of aliphatic hydroxyl groups excluding tert-OH is 1. The molecule has 0 bridgehead atoms. The molecule has 0 aromatic heterocycles. The smallest absolute Gasteiger partial charge is 0.306 e. The number of rotatable bonds is 6. The Labute approximate surface area is 101 Å². The molecule has 3 N–H and O–H groups in total. The number of aliphatic carboxylic acids is 1. The van der Waals surface area contributed by atoms with E-state index in [2.05, 4.69) is 11.4 Å². The Morgan fingerprint density at radius 2 is 2.12 bits per heavy atom. The van der Waals surface area contributed by atoms with Gasteiger partial charge >= 0.3 is 5.97 Å². The van der Waals surface area contributed by atoms with Gasteiger partial charge in [0.05, 0.1) is 12.5 Å². The van der Waals surface area contributed by atoms with E-state index in [1.807, 2.05) is 26.0 Å². The highest BCUT2D eigenvalue weighted by atomic mass is 16.4. The molecule has 0 saturated carbocycles. The van der Waals surface area contributed by atoms with Gasteiger partial charge in [0.15, 0.2) is 0 Å². The van der Waals surface area contributed by atoms with Crippen molar-refractivity contribution >= 4 is 5.97 Å². The van der Waals surface area contributed by atoms with Crippen molar-refractivity contribution < 1.29 is 15.0 Å². The fourth-order valence-corrected chi connectivity index (χ4v) is 1.69. The van der Waals surface area contributed by atoms with Crippen LogP contribution < -0.4 is 5.32 Å². The van der Waals surface area contributed by atoms with Crippen LogP contribution in [0, 0.1) is 13.8 Å². The topological polar surface area (TPSA) is 69.6 Å². The van der Waals surface area contributed by atoms with Gasteiger partial charge in [-0.25, -0.2) is 0 Å². The number of aliphatic hydroxyl groups is 1. The van der Waals surface area contributed by atoms with Crippen LogP contribution in [0.3, 0.4) is 0 Å². The van der Waals surface area contributed by atoms with Crippen LogP contribution in [0.2, 0.25) is 0 Å². The highest BCUT2D eigenvalue weighted by Gasteiger charge is 2.08. The van der Waals surface area contributed by atoms with E-state index in [1.165, 1.54) is 11.1 Å². The molecule has 0 heterocycles. The lowest BCUT2D eigenvalue weighted by Crippen LogP contribution is -2.28. The number of carboxylic acid groups (broad SMARTS) is 1. The van der Waals surface area contributed by atoms with E-state index >= 15 is 0 Å². The number of nitrogens with one attached hydrogen (secondary N) is 1. The van der Waals surface area contributed by atoms with Crippen LogP contribution in [0.1, 0.15) is 23.1 Å². The summed E-state index contributed by atoms with van der Waals surface area (Å²) in [6, 6.07) is 6.18. The summed E-state index contributed by atoms with van der Waals surface area (Å²) in [4.78, 5) is 10.3. The van der Waals surface area contributed by atoms with Crippen LogP contribution >= 0.6 is 0 Å². The van der Waals surface area contributed by atoms with Gasteiger partial charge in [-0.1, -0.05) is 23.8 Å². The number of carbonyl (C=O) groups is 1. The van der Waals surface area contributed by atoms with Gasteiger partial charge < -0.3 is 15.5 Å². The van der Waals surface area contributed by atoms with Crippen molar-refractivity contribution in [3.8, 4) is 0 Å². The highest BCUT2D eigenvalue weighted by Crippen LogP contribution is 2.09. The molecule has 0 fully saturated rings. The summed E-state index contributed by atoms with van der Waals surface area (Å²) in [5.74, 6) is -0.981. The number of benzene rings is 1. The zero-order valence-corrected chi connectivity index (χ0v) is 10.2. The summed E-state index contributed by atoms with van der Waals surface area (Å²) < 4.78 is 0. The van der Waals surface area contributed by atoms with E-state index in [1.54, 1.807) is 0 Å². The van der Waals surface area contributed by atoms with Gasteiger partial charge in [0.2, 0.25) is 0 Å². The van der Waals surface area contributed by atoms with Crippen molar-refractivity contribution in [2.45, 2.75) is 32.9 Å². The standard InChI is InChI=1S/C13H19NO3/c1-9-3-4-11(10(2)5-9)7-14-8-12(15)6-13(16)17/h3-5,12,14-15H,6-8H2,1-2H3,(H,16,17). The molecule has 1 aromatic carbocycles. The molecule has 0 aliphatic heterocycles. The van der Waals surface area contributed by atoms with Crippen molar-refractivity contribution in [2.24, 2.45) is 0 Å². The number of carboxylic acids is 1. The molecule has 1 unspecified atom stereocenters. The van der Waals surface area contributed by atoms with Gasteiger partial charge in [-0.2, -0.15) is 0 Å². The van der Waals surface area contributed by atoms with E-state index in [-0.39, 0.29) is 6.42 Å². The minimum atomic E-state index is -0.981. The molecule has 0 saturated heterocycles. The van der Waals surface area contributed by atoms with Crippen LogP contribution in [0.15, 0.2) is 18.2 Å². The molecule has 1 aromatic rings. The highest BCUT2D eigenvalue weighted by molar-refractivity contribution is 5.67. The van der Waals surface area contributed by atoms with Crippen LogP contribution in [0.5, 0.6) is 0 Å². The van der Waals surface area contributed by atoms with Crippen LogP contribution in [-0.2, 0) is 11.3 Å². The van der Waals surface area contributed by atoms with Crippen molar-refractivity contribution in [1.82, 2.24) is 5.32 Å². The summed E-state index contributed by atoms with van der Waals surface area (Å²) in [5, 5.41) is 20.9. The van der Waals surface area contributed by atoms with E-state index < -0.39 is 12.1 Å². The third-order valence-electron chi connectivity index (χ3n) is 2.60. The summed E-state index contributed by atoms with van der Waals surface area (Å²) in [5.41, 5.74) is 3.58. The summed E-state index contributed by atoms with van der Waals surface area (Å²) in [7, 11) is 0. The molecule has 0 spiro atoms. The van der Waals surface area contributed by atoms with Gasteiger partial charge in [0.25, 0.3) is 0 Å². The maximum atomic E-state index is 10.3. The van der Waals surface area contributed by atoms with Crippen molar-refractivity contribution in [1.29, 1.82) is 0 Å². The zero-order chi connectivity index (χ0) is 12.8. The Bertz CT molecular complexity index is 390. The minimum absolute atomic E-state index is 0.222. The minimum Gasteiger partial charge on any atom is -0.481 e. The second-order valence-corrected chi connectivity index (χ2v) is 4.31. The molecule has 0 radical (unpaired) electrons. The SMILES string of the molecule is Cc1ccc(CNCC(O)CC(=O)O)c(C)c1. The quantitative estimate of drug-likeness (QED) is 0.696. The second kappa shape index (κ2) is 6.37. The van der Waals surface area contributed by atoms with Crippen molar-refractivity contribution in [3.05, 3.63) is 34.9 Å². The van der Waals surface area contributed by atoms with Crippen LogP contribution in [0.25, 0.3) is 0 Å². The Morgan fingerprint density at radius 1 is 1.41 bits per heavy atom. The number of hydrogen-bond acceptors (Lipinski definition) is 3. The first-order chi connectivity index (χ1) is 7.99. The predicted octanol–water partition coefficient (Wildman–Crippen LogP) is 1.23. The summed E-state index contributed by atoms with van der Waals surface area (Å²) in [6.07, 6.45) is -1.06. The lowest BCUT2D eigenvalue weighted by atomic mass is 10.1. The first kappa shape index (κ1) is 13.7.